The van der Waals surface area contributed by atoms with Crippen molar-refractivity contribution >= 4 is 5.69 Å². The summed E-state index contributed by atoms with van der Waals surface area (Å²) in [7, 11) is 1.81. The zero-order valence-corrected chi connectivity index (χ0v) is 5.70. The normalized spacial score (nSPS) is 8.80. The molecule has 0 aliphatic rings. The van der Waals surface area contributed by atoms with Gasteiger partial charge in [0, 0.05) is 13.2 Å². The third-order valence-corrected chi connectivity index (χ3v) is 1.15. The average molecular weight is 136 g/mol. The second-order valence-electron chi connectivity index (χ2n) is 1.83. The molecule has 0 saturated heterocycles. The molecule has 1 aromatic heterocycles. The van der Waals surface area contributed by atoms with Crippen LogP contribution in [-0.2, 0) is 6.54 Å². The first-order chi connectivity index (χ1) is 4.86. The van der Waals surface area contributed by atoms with Crippen LogP contribution in [0.1, 0.15) is 0 Å². The number of nitrogens with zero attached hydrogens (tertiary/aromatic N) is 3. The van der Waals surface area contributed by atoms with Crippen molar-refractivity contribution in [1.29, 1.82) is 5.26 Å². The lowest BCUT2D eigenvalue weighted by molar-refractivity contribution is 0.710. The molecule has 0 spiro atoms. The molecule has 1 N–H and O–H groups in total. The van der Waals surface area contributed by atoms with Crippen molar-refractivity contribution < 1.29 is 0 Å². The summed E-state index contributed by atoms with van der Waals surface area (Å²) in [6.07, 6.45) is 3.46. The zero-order valence-electron chi connectivity index (χ0n) is 5.70. The van der Waals surface area contributed by atoms with Gasteiger partial charge in [-0.3, -0.25) is 4.68 Å². The van der Waals surface area contributed by atoms with Crippen molar-refractivity contribution in [2.75, 3.05) is 12.4 Å². The van der Waals surface area contributed by atoms with Gasteiger partial charge in [0.2, 0.25) is 0 Å². The van der Waals surface area contributed by atoms with Gasteiger partial charge in [-0.15, -0.1) is 0 Å². The number of hydrogen-bond donors (Lipinski definition) is 1. The van der Waals surface area contributed by atoms with E-state index < -0.39 is 0 Å². The highest BCUT2D eigenvalue weighted by Crippen LogP contribution is 2.01. The topological polar surface area (TPSA) is 53.6 Å². The number of aromatic nitrogens is 2. The van der Waals surface area contributed by atoms with Crippen molar-refractivity contribution in [1.82, 2.24) is 9.78 Å². The van der Waals surface area contributed by atoms with Gasteiger partial charge in [-0.1, -0.05) is 0 Å². The van der Waals surface area contributed by atoms with Crippen LogP contribution in [0.4, 0.5) is 5.69 Å². The molecule has 4 nitrogen and oxygen atoms in total. The van der Waals surface area contributed by atoms with E-state index in [0.717, 1.165) is 5.69 Å². The van der Waals surface area contributed by atoms with Crippen molar-refractivity contribution in [2.45, 2.75) is 6.54 Å². The van der Waals surface area contributed by atoms with E-state index >= 15 is 0 Å². The molecule has 0 bridgehead atoms. The van der Waals surface area contributed by atoms with Crippen LogP contribution < -0.4 is 5.32 Å². The van der Waals surface area contributed by atoms with E-state index in [2.05, 4.69) is 10.4 Å². The first-order valence-electron chi connectivity index (χ1n) is 2.94. The highest BCUT2D eigenvalue weighted by atomic mass is 15.3. The highest BCUT2D eigenvalue weighted by molar-refractivity contribution is 5.36. The summed E-state index contributed by atoms with van der Waals surface area (Å²) in [6, 6.07) is 1.99. The van der Waals surface area contributed by atoms with Crippen LogP contribution in [0.3, 0.4) is 0 Å². The number of rotatable bonds is 2. The van der Waals surface area contributed by atoms with Gasteiger partial charge in [-0.05, 0) is 0 Å². The minimum Gasteiger partial charge on any atom is -0.386 e. The summed E-state index contributed by atoms with van der Waals surface area (Å²) in [5, 5.41) is 15.1. The molecule has 1 heterocycles. The largest absolute Gasteiger partial charge is 0.386 e. The van der Waals surface area contributed by atoms with Crippen molar-refractivity contribution in [3.63, 3.8) is 0 Å². The molecular weight excluding hydrogens is 128 g/mol. The molecule has 0 fully saturated rings. The second-order valence-corrected chi connectivity index (χ2v) is 1.83. The van der Waals surface area contributed by atoms with Crippen molar-refractivity contribution in [3.05, 3.63) is 12.4 Å². The molecule has 10 heavy (non-hydrogen) atoms. The van der Waals surface area contributed by atoms with Gasteiger partial charge in [0.25, 0.3) is 0 Å². The Bertz CT molecular complexity index is 244. The minimum absolute atomic E-state index is 0.307. The Hall–Kier alpha value is -1.50. The molecule has 0 atom stereocenters. The van der Waals surface area contributed by atoms with E-state index in [9.17, 15) is 0 Å². The van der Waals surface area contributed by atoms with Crippen LogP contribution in [0.25, 0.3) is 0 Å². The van der Waals surface area contributed by atoms with Crippen LogP contribution in [0.2, 0.25) is 0 Å². The van der Waals surface area contributed by atoms with Crippen LogP contribution in [0.5, 0.6) is 0 Å². The maximum absolute atomic E-state index is 8.27. The summed E-state index contributed by atoms with van der Waals surface area (Å²) in [4.78, 5) is 0. The molecule has 1 aromatic rings. The van der Waals surface area contributed by atoms with Gasteiger partial charge < -0.3 is 5.32 Å². The second kappa shape index (κ2) is 2.87. The Morgan fingerprint density at radius 2 is 2.70 bits per heavy atom. The standard InChI is InChI=1S/C6H8N4/c1-8-6-4-9-10(5-6)3-2-7/h4-5,8H,3H2,1H3. The molecule has 0 radical (unpaired) electrons. The summed E-state index contributed by atoms with van der Waals surface area (Å²) < 4.78 is 1.58. The molecule has 52 valence electrons. The van der Waals surface area contributed by atoms with Gasteiger partial charge in [0.1, 0.15) is 6.54 Å². The number of nitriles is 1. The highest BCUT2D eigenvalue weighted by Gasteiger charge is 1.92. The van der Waals surface area contributed by atoms with Crippen LogP contribution in [0, 0.1) is 11.3 Å². The maximum Gasteiger partial charge on any atom is 0.128 e. The predicted octanol–water partition coefficient (Wildman–Crippen LogP) is 0.448. The summed E-state index contributed by atoms with van der Waals surface area (Å²) in [5.41, 5.74) is 0.926. The number of anilines is 1. The van der Waals surface area contributed by atoms with Gasteiger partial charge in [-0.25, -0.2) is 0 Å². The van der Waals surface area contributed by atoms with Crippen LogP contribution in [0.15, 0.2) is 12.4 Å². The quantitative estimate of drug-likeness (QED) is 0.642. The Morgan fingerprint density at radius 1 is 1.90 bits per heavy atom. The zero-order chi connectivity index (χ0) is 7.40. The molecular formula is C6H8N4. The molecule has 0 amide bonds. The lowest BCUT2D eigenvalue weighted by Gasteiger charge is -1.89. The predicted molar refractivity (Wildman–Crippen MR) is 37.4 cm³/mol. The SMILES string of the molecule is CNc1cnn(CC#N)c1. The smallest absolute Gasteiger partial charge is 0.128 e. The summed E-state index contributed by atoms with van der Waals surface area (Å²) in [6.45, 7) is 0.307. The van der Waals surface area contributed by atoms with Crippen molar-refractivity contribution in [2.24, 2.45) is 0 Å². The van der Waals surface area contributed by atoms with E-state index in [0.29, 0.717) is 6.54 Å². The molecule has 0 aromatic carbocycles. The number of nitrogens with one attached hydrogen (secondary N) is 1. The fourth-order valence-corrected chi connectivity index (χ4v) is 0.652. The minimum atomic E-state index is 0.307. The Balaban J connectivity index is 2.70. The maximum atomic E-state index is 8.27. The van der Waals surface area contributed by atoms with Crippen molar-refractivity contribution in [3.8, 4) is 6.07 Å². The average Bonchev–Trinajstić information content (AvgIpc) is 2.37. The fourth-order valence-electron chi connectivity index (χ4n) is 0.652. The van der Waals surface area contributed by atoms with Gasteiger partial charge >= 0.3 is 0 Å². The Kier molecular flexibility index (Phi) is 1.90. The number of hydrogen-bond acceptors (Lipinski definition) is 3. The lowest BCUT2D eigenvalue weighted by Crippen LogP contribution is -1.94. The Morgan fingerprint density at radius 3 is 3.20 bits per heavy atom. The van der Waals surface area contributed by atoms with Gasteiger partial charge in [0.15, 0.2) is 0 Å². The van der Waals surface area contributed by atoms with E-state index in [1.165, 1.54) is 0 Å². The van der Waals surface area contributed by atoms with E-state index in [1.807, 2.05) is 13.1 Å². The molecule has 0 saturated carbocycles. The molecule has 1 rings (SSSR count). The molecule has 0 unspecified atom stereocenters. The van der Waals surface area contributed by atoms with E-state index in [4.69, 9.17) is 5.26 Å². The third-order valence-electron chi connectivity index (χ3n) is 1.15. The third kappa shape index (κ3) is 1.26. The molecule has 0 aliphatic carbocycles. The van der Waals surface area contributed by atoms with Gasteiger partial charge in [-0.2, -0.15) is 10.4 Å². The van der Waals surface area contributed by atoms with Gasteiger partial charge in [0.05, 0.1) is 18.0 Å². The Labute approximate surface area is 59.1 Å². The van der Waals surface area contributed by atoms with Crippen LogP contribution in [-0.4, -0.2) is 16.8 Å². The molecule has 0 aliphatic heterocycles. The summed E-state index contributed by atoms with van der Waals surface area (Å²) in [5.74, 6) is 0. The van der Waals surface area contributed by atoms with E-state index in [-0.39, 0.29) is 0 Å². The first-order valence-corrected chi connectivity index (χ1v) is 2.94. The first kappa shape index (κ1) is 6.62. The fraction of sp³-hybridized carbons (Fsp3) is 0.333. The lowest BCUT2D eigenvalue weighted by atomic mass is 10.6. The van der Waals surface area contributed by atoms with Crippen LogP contribution >= 0.6 is 0 Å². The molecule has 4 heteroatoms. The monoisotopic (exact) mass is 136 g/mol. The van der Waals surface area contributed by atoms with E-state index in [1.54, 1.807) is 17.1 Å². The summed E-state index contributed by atoms with van der Waals surface area (Å²) >= 11 is 0.